The van der Waals surface area contributed by atoms with Crippen LogP contribution in [0.25, 0.3) is 21.8 Å². The molecule has 0 unspecified atom stereocenters. The van der Waals surface area contributed by atoms with Crippen LogP contribution < -0.4 is 124 Å². The number of rotatable bonds is 54. The molecule has 4 fully saturated rings. The zero-order valence-electron chi connectivity index (χ0n) is 76.9. The second-order valence-corrected chi connectivity index (χ2v) is 35.7. The van der Waals surface area contributed by atoms with Gasteiger partial charge in [0, 0.05) is 104 Å². The standard InChI is InChI=1S/C89H135N27O19/c1-45(2)30-31-66(114-80(128)56-21-14-26-61(56)109-83(131)65(29-16-34-99-89(95)96)113-78(126)54-19-12-25-60(54)108-76(124)46(3)103-81(129)57-42-97-43-70(57)105-48(5)117)84(132)110-62-27-13-20-55(62)79(127)112-64(24-10-11-32-90)82(130)106-51(35-49-40-100-58-22-8-6-17-52(49)58)37-72(119)102-44-73(120)107-69(39-74(121)122)85(133)104-47(4)77(125)115-67(36-50-41-101-59-23-9-7-18-53(50)59)86(134)116-68(38-71(91)118)87(135)111-63(75(92)123)28-15-33-98-88(93)94/h6-9,17-18,22-23,40-41,45-47,51,54-57,60-70,97,100-101H,10-16,19-21,24-39,42-44,90H2,1-5H3,(H2,91,118)(H2,92,123)(H,102,119)(H,103,129)(H,104,133)(H,105,117)(H,106,130)(H,107,120)(H,108,124)(H,109,131)(H,110,132)(H,111,135)(H,112,127)(H,113,126)(H,114,128)(H,115,125)(H,116,134)(H,121,122)(H4,93,94,98)(H4,95,96,99)/t46-,47-,51-,54-,55-,56-,57-,60-,61-,62-,63-,64-,65-,66-,67-,68-,69-,70-/m0/s1. The number of amides is 17. The molecule has 3 aliphatic carbocycles. The number of aliphatic carboxylic acids is 1. The molecule has 18 atom stereocenters. The Kier molecular flexibility index (Phi) is 41.7. The Labute approximate surface area is 781 Å². The summed E-state index contributed by atoms with van der Waals surface area (Å²) >= 11 is 0. The first-order valence-corrected chi connectivity index (χ1v) is 46.2. The second kappa shape index (κ2) is 52.8. The third-order valence-corrected chi connectivity index (χ3v) is 24.7. The minimum Gasteiger partial charge on any atom is -0.481 e. The molecule has 4 aromatic rings. The summed E-state index contributed by atoms with van der Waals surface area (Å²) in [5.74, 6) is -18.1. The molecule has 3 saturated carbocycles. The molecule has 46 nitrogen and oxygen atoms in total. The SMILES string of the molecule is CC(=O)N[C@H]1CNC[C@@H]1C(=O)N[C@@H](C)C(=O)N[C@H]1CCC[C@@H]1C(=O)N[C@@H](CCCNC(=N)N)C(=O)N[C@H]1CCC[C@@H]1C(=O)N[C@@H](CCC(C)C)C(=O)N[C@H]1CCC[C@@H]1C(=O)N[C@@H](CCCCN)C(=O)N[C@H](CC(=O)NCC(=O)N[C@@H](CC(=O)O)C(=O)N[C@@H](C)C(=O)N[C@@H](Cc1c[nH]c2ccccc12)C(=O)N[C@@H](CC(N)=O)C(=O)N[C@@H](CCCNC(=N)N)C(N)=O)Cc1c[nH]c2ccccc12. The van der Waals surface area contributed by atoms with E-state index in [1.807, 2.05) is 26.0 Å². The van der Waals surface area contributed by atoms with Crippen LogP contribution in [-0.2, 0) is 99.1 Å². The Balaban J connectivity index is 0.887. The number of nitrogens with one attached hydrogen (secondary N) is 22. The fraction of sp³-hybridized carbons (Fsp3) is 0.596. The van der Waals surface area contributed by atoms with E-state index in [1.165, 1.54) is 20.8 Å². The number of carboxylic acid groups (broad SMARTS) is 1. The van der Waals surface area contributed by atoms with E-state index in [1.54, 1.807) is 48.8 Å². The molecule has 46 heteroatoms. The van der Waals surface area contributed by atoms with Crippen molar-refractivity contribution in [3.63, 3.8) is 0 Å². The molecule has 4 aliphatic rings. The van der Waals surface area contributed by atoms with Crippen LogP contribution in [-0.4, -0.2) is 257 Å². The molecule has 0 bridgehead atoms. The van der Waals surface area contributed by atoms with Crippen LogP contribution in [0.1, 0.15) is 181 Å². The number of H-pyrrole nitrogens is 2. The molecule has 2 aromatic heterocycles. The third-order valence-electron chi connectivity index (χ3n) is 24.7. The van der Waals surface area contributed by atoms with Gasteiger partial charge in [-0.3, -0.25) is 97.1 Å². The summed E-state index contributed by atoms with van der Waals surface area (Å²) in [5.41, 5.74) is 30.4. The van der Waals surface area contributed by atoms with Crippen LogP contribution >= 0.6 is 0 Å². The molecule has 740 valence electrons. The van der Waals surface area contributed by atoms with E-state index in [-0.39, 0.29) is 94.7 Å². The summed E-state index contributed by atoms with van der Waals surface area (Å²) in [4.78, 5) is 254. The number of benzene rings is 2. The molecule has 1 saturated heterocycles. The average molecular weight is 1890 g/mol. The van der Waals surface area contributed by atoms with E-state index in [4.69, 9.17) is 39.5 Å². The number of hydrogen-bond acceptors (Lipinski definition) is 22. The van der Waals surface area contributed by atoms with E-state index in [0.717, 1.165) is 10.9 Å². The lowest BCUT2D eigenvalue weighted by atomic mass is 9.97. The molecular weight excluding hydrogens is 1750 g/mol. The van der Waals surface area contributed by atoms with Crippen molar-refractivity contribution in [3.8, 4) is 0 Å². The Morgan fingerprint density at radius 2 is 0.867 bits per heavy atom. The van der Waals surface area contributed by atoms with Crippen molar-refractivity contribution in [2.75, 3.05) is 39.3 Å². The Morgan fingerprint density at radius 1 is 0.415 bits per heavy atom. The van der Waals surface area contributed by atoms with Gasteiger partial charge in [0.1, 0.15) is 54.4 Å². The number of hydrogen-bond donors (Lipinski definition) is 28. The van der Waals surface area contributed by atoms with Gasteiger partial charge < -0.3 is 139 Å². The van der Waals surface area contributed by atoms with Gasteiger partial charge in [-0.1, -0.05) is 69.5 Å². The molecule has 3 heterocycles. The predicted octanol–water partition coefficient (Wildman–Crippen LogP) is -4.67. The van der Waals surface area contributed by atoms with Crippen molar-refractivity contribution in [3.05, 3.63) is 72.1 Å². The number of fused-ring (bicyclic) bond motifs is 2. The number of aromatic amines is 2. The Bertz CT molecular complexity index is 4890. The van der Waals surface area contributed by atoms with Gasteiger partial charge in [0.25, 0.3) is 0 Å². The van der Waals surface area contributed by atoms with Gasteiger partial charge in [-0.15, -0.1) is 0 Å². The highest BCUT2D eigenvalue weighted by atomic mass is 16.4. The number of primary amides is 2. The number of carbonyl (C=O) groups is 18. The van der Waals surface area contributed by atoms with Gasteiger partial charge >= 0.3 is 5.97 Å². The number of para-hydroxylation sites is 2. The van der Waals surface area contributed by atoms with Crippen LogP contribution in [0.2, 0.25) is 0 Å². The maximum atomic E-state index is 14.9. The fourth-order valence-electron chi connectivity index (χ4n) is 17.5. The number of aromatic nitrogens is 2. The summed E-state index contributed by atoms with van der Waals surface area (Å²) in [7, 11) is 0. The molecule has 2 aromatic carbocycles. The molecule has 8 rings (SSSR count). The van der Waals surface area contributed by atoms with E-state index in [0.29, 0.717) is 112 Å². The monoisotopic (exact) mass is 1890 g/mol. The smallest absolute Gasteiger partial charge is 0.305 e. The highest BCUT2D eigenvalue weighted by molar-refractivity contribution is 6.00. The highest BCUT2D eigenvalue weighted by Crippen LogP contribution is 2.31. The van der Waals surface area contributed by atoms with Gasteiger partial charge in [-0.25, -0.2) is 0 Å². The largest absolute Gasteiger partial charge is 0.481 e. The van der Waals surface area contributed by atoms with Crippen molar-refractivity contribution >= 4 is 140 Å². The van der Waals surface area contributed by atoms with Crippen molar-refractivity contribution in [1.29, 1.82) is 10.8 Å². The quantitative estimate of drug-likeness (QED) is 0.0112. The first-order chi connectivity index (χ1) is 64.2. The van der Waals surface area contributed by atoms with Gasteiger partial charge in [0.05, 0.1) is 49.1 Å². The van der Waals surface area contributed by atoms with Crippen molar-refractivity contribution in [2.45, 2.75) is 267 Å². The van der Waals surface area contributed by atoms with Crippen LogP contribution in [0.15, 0.2) is 60.9 Å². The maximum absolute atomic E-state index is 14.9. The predicted molar refractivity (Wildman–Crippen MR) is 495 cm³/mol. The number of nitrogens with two attached hydrogens (primary N) is 5. The summed E-state index contributed by atoms with van der Waals surface area (Å²) in [6, 6.07) is -2.10. The number of unbranched alkanes of at least 4 members (excludes halogenated alkanes) is 1. The molecular formula is C89H135N27O19. The van der Waals surface area contributed by atoms with Crippen LogP contribution in [0.4, 0.5) is 0 Å². The lowest BCUT2D eigenvalue weighted by Gasteiger charge is -2.29. The van der Waals surface area contributed by atoms with Gasteiger partial charge in [-0.05, 0) is 152 Å². The Morgan fingerprint density at radius 3 is 1.38 bits per heavy atom. The first-order valence-electron chi connectivity index (χ1n) is 46.2. The zero-order valence-corrected chi connectivity index (χ0v) is 76.9. The van der Waals surface area contributed by atoms with E-state index < -0.39 is 235 Å². The van der Waals surface area contributed by atoms with E-state index in [9.17, 15) is 91.4 Å². The van der Waals surface area contributed by atoms with Crippen molar-refractivity contribution in [2.24, 2.45) is 58.3 Å². The Hall–Kier alpha value is -13.6. The molecule has 33 N–H and O–H groups in total. The highest BCUT2D eigenvalue weighted by Gasteiger charge is 2.44. The topological polar surface area (TPSA) is 753 Å². The number of carboxylic acids is 1. The van der Waals surface area contributed by atoms with E-state index in [2.05, 4.69) is 106 Å². The normalized spacial score (nSPS) is 20.0. The third kappa shape index (κ3) is 33.8. The van der Waals surface area contributed by atoms with Gasteiger partial charge in [-0.2, -0.15) is 0 Å². The van der Waals surface area contributed by atoms with Gasteiger partial charge in [0.15, 0.2) is 11.9 Å². The minimum absolute atomic E-state index is 0.0153. The molecule has 1 aliphatic heterocycles. The van der Waals surface area contributed by atoms with Crippen LogP contribution in [0, 0.1) is 40.4 Å². The lowest BCUT2D eigenvalue weighted by Crippen LogP contribution is -2.59. The number of carbonyl (C=O) groups excluding carboxylic acids is 17. The van der Waals surface area contributed by atoms with Crippen LogP contribution in [0.3, 0.4) is 0 Å². The van der Waals surface area contributed by atoms with Crippen molar-refractivity contribution < 1.29 is 91.4 Å². The number of guanidine groups is 2. The molecule has 0 radical (unpaired) electrons. The molecule has 17 amide bonds. The molecule has 135 heavy (non-hydrogen) atoms. The minimum atomic E-state index is -1.89. The summed E-state index contributed by atoms with van der Waals surface area (Å²) in [6.45, 7) is 8.33. The van der Waals surface area contributed by atoms with Crippen LogP contribution in [0.5, 0.6) is 0 Å². The van der Waals surface area contributed by atoms with Crippen molar-refractivity contribution in [1.82, 2.24) is 106 Å². The zero-order chi connectivity index (χ0) is 98.7. The van der Waals surface area contributed by atoms with Gasteiger partial charge in [0.2, 0.25) is 100 Å². The molecule has 0 spiro atoms. The lowest BCUT2D eigenvalue weighted by molar-refractivity contribution is -0.141. The second-order valence-electron chi connectivity index (χ2n) is 35.7. The summed E-state index contributed by atoms with van der Waals surface area (Å²) in [5, 5.41) is 75.3. The van der Waals surface area contributed by atoms with E-state index >= 15 is 0 Å². The fourth-order valence-corrected chi connectivity index (χ4v) is 17.5. The first kappa shape index (κ1) is 107. The average Bonchev–Trinajstić information content (AvgIpc) is 1.66. The summed E-state index contributed by atoms with van der Waals surface area (Å²) < 4.78 is 0. The summed E-state index contributed by atoms with van der Waals surface area (Å²) in [6.07, 6.45) is 6.49. The maximum Gasteiger partial charge on any atom is 0.305 e.